The van der Waals surface area contributed by atoms with E-state index in [-0.39, 0.29) is 6.04 Å². The fourth-order valence-electron chi connectivity index (χ4n) is 1.49. The molecular weight excluding hydrogens is 188 g/mol. The van der Waals surface area contributed by atoms with Gasteiger partial charge in [-0.15, -0.1) is 0 Å². The molecule has 15 heavy (non-hydrogen) atoms. The van der Waals surface area contributed by atoms with Crippen LogP contribution < -0.4 is 10.6 Å². The molecule has 0 bridgehead atoms. The Morgan fingerprint density at radius 2 is 2.33 bits per heavy atom. The Morgan fingerprint density at radius 3 is 2.93 bits per heavy atom. The Morgan fingerprint density at radius 1 is 1.60 bits per heavy atom. The lowest BCUT2D eigenvalue weighted by molar-refractivity contribution is 0.675. The zero-order valence-corrected chi connectivity index (χ0v) is 9.35. The van der Waals surface area contributed by atoms with Crippen LogP contribution in [-0.2, 0) is 0 Å². The zero-order valence-electron chi connectivity index (χ0n) is 9.35. The van der Waals surface area contributed by atoms with Crippen LogP contribution in [0.3, 0.4) is 0 Å². The SMILES string of the molecule is CC(CN)N(C)c1nccc(C2CC2)n1. The van der Waals surface area contributed by atoms with Crippen molar-refractivity contribution in [1.82, 2.24) is 9.97 Å². The largest absolute Gasteiger partial charge is 0.340 e. The van der Waals surface area contributed by atoms with E-state index in [1.54, 1.807) is 0 Å². The van der Waals surface area contributed by atoms with Gasteiger partial charge in [-0.3, -0.25) is 0 Å². The summed E-state index contributed by atoms with van der Waals surface area (Å²) in [6, 6.07) is 2.29. The van der Waals surface area contributed by atoms with Gasteiger partial charge in [-0.2, -0.15) is 0 Å². The maximum absolute atomic E-state index is 5.62. The first-order chi connectivity index (χ1) is 7.22. The van der Waals surface area contributed by atoms with Crippen molar-refractivity contribution >= 4 is 5.95 Å². The first-order valence-corrected chi connectivity index (χ1v) is 5.48. The van der Waals surface area contributed by atoms with Crippen molar-refractivity contribution in [3.8, 4) is 0 Å². The summed E-state index contributed by atoms with van der Waals surface area (Å²) in [5.41, 5.74) is 6.80. The number of likely N-dealkylation sites (N-methyl/N-ethyl adjacent to an activating group) is 1. The molecule has 0 spiro atoms. The van der Waals surface area contributed by atoms with E-state index in [0.29, 0.717) is 12.5 Å². The summed E-state index contributed by atoms with van der Waals surface area (Å²) in [6.45, 7) is 2.70. The normalized spacial score (nSPS) is 17.5. The molecule has 1 fully saturated rings. The molecule has 1 heterocycles. The highest BCUT2D eigenvalue weighted by Crippen LogP contribution is 2.39. The maximum Gasteiger partial charge on any atom is 0.225 e. The number of anilines is 1. The minimum absolute atomic E-state index is 0.277. The highest BCUT2D eigenvalue weighted by molar-refractivity contribution is 5.32. The molecule has 2 N–H and O–H groups in total. The van der Waals surface area contributed by atoms with Gasteiger partial charge >= 0.3 is 0 Å². The predicted molar refractivity (Wildman–Crippen MR) is 60.9 cm³/mol. The molecule has 1 saturated carbocycles. The lowest BCUT2D eigenvalue weighted by Crippen LogP contribution is -2.36. The van der Waals surface area contributed by atoms with Gasteiger partial charge in [0.1, 0.15) is 0 Å². The van der Waals surface area contributed by atoms with Gasteiger partial charge in [-0.05, 0) is 25.8 Å². The predicted octanol–water partition coefficient (Wildman–Crippen LogP) is 1.14. The van der Waals surface area contributed by atoms with Crippen molar-refractivity contribution in [2.24, 2.45) is 5.73 Å². The molecule has 1 aliphatic rings. The van der Waals surface area contributed by atoms with Gasteiger partial charge in [0.15, 0.2) is 0 Å². The summed E-state index contributed by atoms with van der Waals surface area (Å²) in [6.07, 6.45) is 4.38. The summed E-state index contributed by atoms with van der Waals surface area (Å²) in [4.78, 5) is 10.9. The van der Waals surface area contributed by atoms with Gasteiger partial charge in [0.25, 0.3) is 0 Å². The van der Waals surface area contributed by atoms with Gasteiger partial charge in [0.2, 0.25) is 5.95 Å². The van der Waals surface area contributed by atoms with Crippen LogP contribution in [0.4, 0.5) is 5.95 Å². The fraction of sp³-hybridized carbons (Fsp3) is 0.636. The van der Waals surface area contributed by atoms with E-state index in [1.807, 2.05) is 24.2 Å². The van der Waals surface area contributed by atoms with Crippen LogP contribution in [0, 0.1) is 0 Å². The Kier molecular flexibility index (Phi) is 2.86. The highest BCUT2D eigenvalue weighted by atomic mass is 15.3. The molecule has 2 rings (SSSR count). The molecular formula is C11H18N4. The molecule has 4 heteroatoms. The van der Waals surface area contributed by atoms with Crippen molar-refractivity contribution in [3.05, 3.63) is 18.0 Å². The second-order valence-corrected chi connectivity index (χ2v) is 4.25. The van der Waals surface area contributed by atoms with E-state index in [0.717, 1.165) is 5.95 Å². The molecule has 0 amide bonds. The zero-order chi connectivity index (χ0) is 10.8. The first kappa shape index (κ1) is 10.4. The average molecular weight is 206 g/mol. The third-order valence-corrected chi connectivity index (χ3v) is 2.98. The second kappa shape index (κ2) is 4.14. The van der Waals surface area contributed by atoms with Crippen LogP contribution in [0.25, 0.3) is 0 Å². The molecule has 4 nitrogen and oxygen atoms in total. The van der Waals surface area contributed by atoms with Crippen LogP contribution in [0.2, 0.25) is 0 Å². The van der Waals surface area contributed by atoms with Crippen LogP contribution in [0.1, 0.15) is 31.4 Å². The van der Waals surface area contributed by atoms with Gasteiger partial charge in [-0.1, -0.05) is 0 Å². The van der Waals surface area contributed by atoms with Crippen LogP contribution in [0.15, 0.2) is 12.3 Å². The number of nitrogens with zero attached hydrogens (tertiary/aromatic N) is 3. The summed E-state index contributed by atoms with van der Waals surface area (Å²) < 4.78 is 0. The van der Waals surface area contributed by atoms with Crippen LogP contribution >= 0.6 is 0 Å². The minimum atomic E-state index is 0.277. The third-order valence-electron chi connectivity index (χ3n) is 2.98. The molecule has 0 aliphatic heterocycles. The summed E-state index contributed by atoms with van der Waals surface area (Å²) in [7, 11) is 1.99. The molecule has 82 valence electrons. The van der Waals surface area contributed by atoms with Crippen molar-refractivity contribution in [3.63, 3.8) is 0 Å². The monoisotopic (exact) mass is 206 g/mol. The first-order valence-electron chi connectivity index (χ1n) is 5.48. The van der Waals surface area contributed by atoms with Gasteiger partial charge in [0, 0.05) is 37.4 Å². The highest BCUT2D eigenvalue weighted by Gasteiger charge is 2.25. The van der Waals surface area contributed by atoms with Gasteiger partial charge in [-0.25, -0.2) is 9.97 Å². The van der Waals surface area contributed by atoms with E-state index in [4.69, 9.17) is 5.73 Å². The summed E-state index contributed by atoms with van der Waals surface area (Å²) >= 11 is 0. The second-order valence-electron chi connectivity index (χ2n) is 4.25. The Balaban J connectivity index is 2.16. The third kappa shape index (κ3) is 2.26. The molecule has 1 aliphatic carbocycles. The minimum Gasteiger partial charge on any atom is -0.340 e. The number of nitrogens with two attached hydrogens (primary N) is 1. The van der Waals surface area contributed by atoms with Crippen molar-refractivity contribution in [2.75, 3.05) is 18.5 Å². The molecule has 1 aromatic rings. The number of rotatable bonds is 4. The topological polar surface area (TPSA) is 55.0 Å². The fourth-order valence-corrected chi connectivity index (χ4v) is 1.49. The lowest BCUT2D eigenvalue weighted by atomic mass is 10.3. The van der Waals surface area contributed by atoms with Crippen LogP contribution in [-0.4, -0.2) is 29.6 Å². The number of hydrogen-bond acceptors (Lipinski definition) is 4. The quantitative estimate of drug-likeness (QED) is 0.802. The Labute approximate surface area is 90.5 Å². The van der Waals surface area contributed by atoms with E-state index in [9.17, 15) is 0 Å². The molecule has 1 atom stereocenters. The lowest BCUT2D eigenvalue weighted by Gasteiger charge is -2.23. The van der Waals surface area contributed by atoms with E-state index >= 15 is 0 Å². The standard InChI is InChI=1S/C11H18N4/c1-8(7-12)15(2)11-13-6-5-10(14-11)9-3-4-9/h5-6,8-9H,3-4,7,12H2,1-2H3. The van der Waals surface area contributed by atoms with Crippen molar-refractivity contribution in [1.29, 1.82) is 0 Å². The van der Waals surface area contributed by atoms with Crippen LogP contribution in [0.5, 0.6) is 0 Å². The molecule has 0 radical (unpaired) electrons. The average Bonchev–Trinajstić information content (AvgIpc) is 3.11. The van der Waals surface area contributed by atoms with E-state index in [2.05, 4.69) is 16.9 Å². The van der Waals surface area contributed by atoms with Gasteiger partial charge in [0.05, 0.1) is 0 Å². The van der Waals surface area contributed by atoms with Gasteiger partial charge < -0.3 is 10.6 Å². The molecule has 0 saturated heterocycles. The Hall–Kier alpha value is -1.16. The van der Waals surface area contributed by atoms with E-state index < -0.39 is 0 Å². The van der Waals surface area contributed by atoms with E-state index in [1.165, 1.54) is 18.5 Å². The molecule has 1 aromatic heterocycles. The van der Waals surface area contributed by atoms with Crippen molar-refractivity contribution < 1.29 is 0 Å². The molecule has 0 aromatic carbocycles. The summed E-state index contributed by atoms with van der Waals surface area (Å²) in [5.74, 6) is 1.46. The smallest absolute Gasteiger partial charge is 0.225 e. The maximum atomic E-state index is 5.62. The van der Waals surface area contributed by atoms with Crippen molar-refractivity contribution in [2.45, 2.75) is 31.7 Å². The number of hydrogen-bond donors (Lipinski definition) is 1. The summed E-state index contributed by atoms with van der Waals surface area (Å²) in [5, 5.41) is 0. The molecule has 1 unspecified atom stereocenters. The number of aromatic nitrogens is 2. The Bertz CT molecular complexity index is 335.